The van der Waals surface area contributed by atoms with E-state index in [-0.39, 0.29) is 0 Å². The van der Waals surface area contributed by atoms with Gasteiger partial charge in [-0.05, 0) is 102 Å². The zero-order valence-electron chi connectivity index (χ0n) is 34.6. The first-order chi connectivity index (χ1) is 31.8. The molecule has 0 aliphatic heterocycles. The second-order valence-corrected chi connectivity index (χ2v) is 16.9. The molecule has 0 saturated carbocycles. The van der Waals surface area contributed by atoms with Gasteiger partial charge in [-0.15, -0.1) is 0 Å². The van der Waals surface area contributed by atoms with Crippen molar-refractivity contribution in [3.05, 3.63) is 224 Å². The Hall–Kier alpha value is -8.60. The minimum absolute atomic E-state index is 0.892. The van der Waals surface area contributed by atoms with Crippen molar-refractivity contribution in [1.29, 1.82) is 0 Å². The Morgan fingerprint density at radius 2 is 0.750 bits per heavy atom. The zero-order chi connectivity index (χ0) is 41.9. The molecule has 4 aromatic heterocycles. The fourth-order valence-electron chi connectivity index (χ4n) is 10.7. The molecule has 4 heteroatoms. The molecule has 0 unspecified atom stereocenters. The smallest absolute Gasteiger partial charge is 0.143 e. The number of fused-ring (bicyclic) bond motifs is 12. The lowest BCUT2D eigenvalue weighted by Crippen LogP contribution is -1.96. The molecule has 298 valence electrons. The van der Waals surface area contributed by atoms with Crippen LogP contribution in [0.4, 0.5) is 0 Å². The van der Waals surface area contributed by atoms with Crippen molar-refractivity contribution in [3.8, 4) is 39.3 Å². The van der Waals surface area contributed by atoms with E-state index in [2.05, 4.69) is 232 Å². The number of rotatable bonds is 5. The SMILES string of the molecule is c1ccc(-n2c3ccccc3c3cc(-n4c5ccccc5c5ccc(-c6cc7c(cc6-c6cccc8c6oc6ccccc68)c6ccccc6n7-c6ccccc6)cc54)ccc32)cc1. The average molecular weight is 816 g/mol. The molecule has 0 N–H and O–H groups in total. The molecule has 0 radical (unpaired) electrons. The molecule has 4 nitrogen and oxygen atoms in total. The quantitative estimate of drug-likeness (QED) is 0.170. The minimum Gasteiger partial charge on any atom is -0.455 e. The Morgan fingerprint density at radius 3 is 1.44 bits per heavy atom. The molecule has 14 rings (SSSR count). The average Bonchev–Trinajstić information content (AvgIpc) is 4.10. The molecule has 14 aromatic rings. The Bertz CT molecular complexity index is 4180. The highest BCUT2D eigenvalue weighted by molar-refractivity contribution is 6.17. The lowest BCUT2D eigenvalue weighted by atomic mass is 9.91. The van der Waals surface area contributed by atoms with Gasteiger partial charge in [-0.3, -0.25) is 0 Å². The van der Waals surface area contributed by atoms with Crippen molar-refractivity contribution >= 4 is 87.4 Å². The van der Waals surface area contributed by atoms with Crippen LogP contribution in [-0.4, -0.2) is 13.7 Å². The predicted octanol–water partition coefficient (Wildman–Crippen LogP) is 16.2. The maximum Gasteiger partial charge on any atom is 0.143 e. The van der Waals surface area contributed by atoms with Crippen molar-refractivity contribution in [2.45, 2.75) is 0 Å². The van der Waals surface area contributed by atoms with Crippen LogP contribution in [0, 0.1) is 0 Å². The second kappa shape index (κ2) is 13.4. The first kappa shape index (κ1) is 35.0. The van der Waals surface area contributed by atoms with Crippen LogP contribution in [0.15, 0.2) is 229 Å². The van der Waals surface area contributed by atoms with E-state index < -0.39 is 0 Å². The van der Waals surface area contributed by atoms with Gasteiger partial charge in [0.2, 0.25) is 0 Å². The Labute approximate surface area is 367 Å². The summed E-state index contributed by atoms with van der Waals surface area (Å²) in [4.78, 5) is 0. The summed E-state index contributed by atoms with van der Waals surface area (Å²) in [6, 6.07) is 81.6. The summed E-state index contributed by atoms with van der Waals surface area (Å²) in [5.41, 5.74) is 16.7. The summed E-state index contributed by atoms with van der Waals surface area (Å²) < 4.78 is 14.0. The third-order valence-electron chi connectivity index (χ3n) is 13.4. The van der Waals surface area contributed by atoms with Crippen molar-refractivity contribution in [1.82, 2.24) is 13.7 Å². The van der Waals surface area contributed by atoms with Gasteiger partial charge in [0.05, 0.1) is 33.1 Å². The van der Waals surface area contributed by atoms with Gasteiger partial charge in [0.1, 0.15) is 11.2 Å². The van der Waals surface area contributed by atoms with Crippen LogP contribution in [0.1, 0.15) is 0 Å². The molecule has 0 spiro atoms. The van der Waals surface area contributed by atoms with Crippen LogP contribution in [0.3, 0.4) is 0 Å². The number of benzene rings is 10. The molecule has 0 saturated heterocycles. The van der Waals surface area contributed by atoms with E-state index in [1.807, 2.05) is 6.07 Å². The topological polar surface area (TPSA) is 27.9 Å². The van der Waals surface area contributed by atoms with E-state index in [4.69, 9.17) is 4.42 Å². The number of para-hydroxylation sites is 7. The Morgan fingerprint density at radius 1 is 0.250 bits per heavy atom. The van der Waals surface area contributed by atoms with Crippen LogP contribution in [0.2, 0.25) is 0 Å². The zero-order valence-corrected chi connectivity index (χ0v) is 34.6. The third-order valence-corrected chi connectivity index (χ3v) is 13.4. The molecule has 4 heterocycles. The number of aromatic nitrogens is 3. The molecule has 64 heavy (non-hydrogen) atoms. The first-order valence-electron chi connectivity index (χ1n) is 21.9. The van der Waals surface area contributed by atoms with Gasteiger partial charge in [-0.25, -0.2) is 0 Å². The number of hydrogen-bond acceptors (Lipinski definition) is 1. The fourth-order valence-corrected chi connectivity index (χ4v) is 10.7. The van der Waals surface area contributed by atoms with E-state index in [0.29, 0.717) is 0 Å². The molecule has 0 bridgehead atoms. The first-order valence-corrected chi connectivity index (χ1v) is 21.9. The summed E-state index contributed by atoms with van der Waals surface area (Å²) in [5, 5.41) is 9.54. The molecule has 0 amide bonds. The Kier molecular flexibility index (Phi) is 7.36. The highest BCUT2D eigenvalue weighted by atomic mass is 16.3. The van der Waals surface area contributed by atoms with Gasteiger partial charge in [0.15, 0.2) is 0 Å². The maximum absolute atomic E-state index is 6.77. The van der Waals surface area contributed by atoms with Gasteiger partial charge < -0.3 is 18.1 Å². The molecule has 10 aromatic carbocycles. The van der Waals surface area contributed by atoms with Gasteiger partial charge in [0, 0.05) is 65.7 Å². The van der Waals surface area contributed by atoms with Gasteiger partial charge in [-0.1, -0.05) is 140 Å². The third kappa shape index (κ3) is 4.99. The van der Waals surface area contributed by atoms with Gasteiger partial charge in [-0.2, -0.15) is 0 Å². The summed E-state index contributed by atoms with van der Waals surface area (Å²) in [6.45, 7) is 0. The van der Waals surface area contributed by atoms with Crippen molar-refractivity contribution in [2.75, 3.05) is 0 Å². The second-order valence-electron chi connectivity index (χ2n) is 16.9. The highest BCUT2D eigenvalue weighted by Crippen LogP contribution is 2.46. The molecule has 0 fully saturated rings. The van der Waals surface area contributed by atoms with Crippen LogP contribution >= 0.6 is 0 Å². The van der Waals surface area contributed by atoms with E-state index in [1.165, 1.54) is 54.4 Å². The van der Waals surface area contributed by atoms with E-state index >= 15 is 0 Å². The molecule has 0 aliphatic rings. The van der Waals surface area contributed by atoms with Crippen LogP contribution in [-0.2, 0) is 0 Å². The summed E-state index contributed by atoms with van der Waals surface area (Å²) in [6.07, 6.45) is 0. The van der Waals surface area contributed by atoms with E-state index in [0.717, 1.165) is 72.3 Å². The summed E-state index contributed by atoms with van der Waals surface area (Å²) in [5.74, 6) is 0. The Balaban J connectivity index is 1.07. The number of nitrogens with zero attached hydrogens (tertiary/aromatic N) is 3. The van der Waals surface area contributed by atoms with Crippen molar-refractivity contribution < 1.29 is 4.42 Å². The lowest BCUT2D eigenvalue weighted by Gasteiger charge is -2.15. The normalized spacial score (nSPS) is 12.1. The molecule has 0 atom stereocenters. The number of hydrogen-bond donors (Lipinski definition) is 0. The van der Waals surface area contributed by atoms with Gasteiger partial charge >= 0.3 is 0 Å². The standard InChI is InChI=1S/C60H37N3O/c1-3-16-39(17-4-1)61-54-27-12-8-21-43(54)51-35-41(31-33-56(51)61)63-53-26-11-7-20-42(53)45-32-30-38(34-57(45)63)49-37-58-52(44-22-9-13-28-55(44)62(58)40-18-5-2-6-19-40)36-50(49)48-25-15-24-47-46-23-10-14-29-59(46)64-60(47)48/h1-37H. The lowest BCUT2D eigenvalue weighted by molar-refractivity contribution is 0.670. The fraction of sp³-hybridized carbons (Fsp3) is 0. The molecular formula is C60H37N3O. The summed E-state index contributed by atoms with van der Waals surface area (Å²) >= 11 is 0. The number of furan rings is 1. The van der Waals surface area contributed by atoms with E-state index in [1.54, 1.807) is 0 Å². The van der Waals surface area contributed by atoms with Crippen LogP contribution in [0.5, 0.6) is 0 Å². The van der Waals surface area contributed by atoms with Crippen LogP contribution in [0.25, 0.3) is 127 Å². The summed E-state index contributed by atoms with van der Waals surface area (Å²) in [7, 11) is 0. The largest absolute Gasteiger partial charge is 0.455 e. The van der Waals surface area contributed by atoms with E-state index in [9.17, 15) is 0 Å². The predicted molar refractivity (Wildman–Crippen MR) is 268 cm³/mol. The van der Waals surface area contributed by atoms with Crippen molar-refractivity contribution in [3.63, 3.8) is 0 Å². The van der Waals surface area contributed by atoms with Gasteiger partial charge in [0.25, 0.3) is 0 Å². The minimum atomic E-state index is 0.892. The highest BCUT2D eigenvalue weighted by Gasteiger charge is 2.22. The van der Waals surface area contributed by atoms with Crippen molar-refractivity contribution in [2.24, 2.45) is 0 Å². The molecule has 0 aliphatic carbocycles. The maximum atomic E-state index is 6.77. The monoisotopic (exact) mass is 815 g/mol. The molecular weight excluding hydrogens is 779 g/mol. The van der Waals surface area contributed by atoms with Crippen LogP contribution < -0.4 is 0 Å².